The zero-order valence-electron chi connectivity index (χ0n) is 10.0. The fourth-order valence-electron chi connectivity index (χ4n) is 2.12. The molecule has 92 valence electrons. The zero-order chi connectivity index (χ0) is 12.3. The molecule has 3 nitrogen and oxygen atoms in total. The number of amides is 1. The summed E-state index contributed by atoms with van der Waals surface area (Å²) in [6.45, 7) is 4.50. The molecule has 1 aromatic rings. The fraction of sp³-hybridized carbons (Fsp3) is 0.462. The highest BCUT2D eigenvalue weighted by Gasteiger charge is 2.18. The van der Waals surface area contributed by atoms with Gasteiger partial charge in [-0.25, -0.2) is 0 Å². The van der Waals surface area contributed by atoms with Gasteiger partial charge in [0.1, 0.15) is 0 Å². The van der Waals surface area contributed by atoms with Crippen molar-refractivity contribution in [2.45, 2.75) is 19.8 Å². The molecule has 0 aliphatic carbocycles. The van der Waals surface area contributed by atoms with Crippen LogP contribution in [-0.2, 0) is 4.79 Å². The van der Waals surface area contributed by atoms with Crippen LogP contribution in [0.2, 0.25) is 5.02 Å². The molecule has 1 heterocycles. The Morgan fingerprint density at radius 2 is 2.18 bits per heavy atom. The van der Waals surface area contributed by atoms with Crippen LogP contribution in [0.1, 0.15) is 18.4 Å². The van der Waals surface area contributed by atoms with E-state index < -0.39 is 0 Å². The van der Waals surface area contributed by atoms with Crippen LogP contribution in [0, 0.1) is 6.92 Å². The minimum Gasteiger partial charge on any atom is -0.316 e. The van der Waals surface area contributed by atoms with E-state index in [1.165, 1.54) is 0 Å². The lowest BCUT2D eigenvalue weighted by atomic mass is 10.1. The van der Waals surface area contributed by atoms with Gasteiger partial charge in [0.15, 0.2) is 0 Å². The maximum atomic E-state index is 12.1. The van der Waals surface area contributed by atoms with Gasteiger partial charge in [0.25, 0.3) is 0 Å². The molecule has 17 heavy (non-hydrogen) atoms. The van der Waals surface area contributed by atoms with Crippen LogP contribution in [-0.4, -0.2) is 25.5 Å². The van der Waals surface area contributed by atoms with E-state index >= 15 is 0 Å². The molecule has 1 fully saturated rings. The largest absolute Gasteiger partial charge is 0.316 e. The third kappa shape index (κ3) is 2.99. The smallest absolute Gasteiger partial charge is 0.228 e. The summed E-state index contributed by atoms with van der Waals surface area (Å²) in [5.74, 6) is 0.183. The molecule has 1 N–H and O–H groups in total. The third-order valence-electron chi connectivity index (χ3n) is 3.00. The molecule has 0 spiro atoms. The van der Waals surface area contributed by atoms with Gasteiger partial charge in [-0.1, -0.05) is 11.6 Å². The summed E-state index contributed by atoms with van der Waals surface area (Å²) >= 11 is 5.94. The normalized spacial score (nSPS) is 17.8. The Hall–Kier alpha value is -1.06. The van der Waals surface area contributed by atoms with Crippen LogP contribution < -0.4 is 10.2 Å². The quantitative estimate of drug-likeness (QED) is 0.832. The van der Waals surface area contributed by atoms with Crippen LogP contribution in [0.25, 0.3) is 0 Å². The number of benzene rings is 1. The van der Waals surface area contributed by atoms with Gasteiger partial charge in [0.2, 0.25) is 5.91 Å². The molecule has 1 aromatic carbocycles. The highest BCUT2D eigenvalue weighted by Crippen LogP contribution is 2.24. The third-order valence-corrected chi connectivity index (χ3v) is 3.24. The molecule has 0 saturated carbocycles. The van der Waals surface area contributed by atoms with Crippen molar-refractivity contribution in [1.29, 1.82) is 0 Å². The predicted octanol–water partition coefficient (Wildman–Crippen LogP) is 2.36. The molecule has 4 heteroatoms. The summed E-state index contributed by atoms with van der Waals surface area (Å²) in [6.07, 6.45) is 1.54. The van der Waals surface area contributed by atoms with Crippen molar-refractivity contribution in [3.63, 3.8) is 0 Å². The van der Waals surface area contributed by atoms with Crippen LogP contribution in [0.4, 0.5) is 5.69 Å². The SMILES string of the molecule is Cc1cc(Cl)ccc1N1CCCNCCC1=O. The molecular weight excluding hydrogens is 236 g/mol. The van der Waals surface area contributed by atoms with E-state index in [4.69, 9.17) is 11.6 Å². The van der Waals surface area contributed by atoms with Gasteiger partial charge in [-0.05, 0) is 43.7 Å². The predicted molar refractivity (Wildman–Crippen MR) is 70.6 cm³/mol. The van der Waals surface area contributed by atoms with Crippen molar-refractivity contribution in [2.75, 3.05) is 24.5 Å². The van der Waals surface area contributed by atoms with E-state index in [0.717, 1.165) is 37.3 Å². The van der Waals surface area contributed by atoms with E-state index in [0.29, 0.717) is 11.4 Å². The maximum absolute atomic E-state index is 12.1. The molecule has 0 atom stereocenters. The molecule has 0 radical (unpaired) electrons. The molecule has 1 saturated heterocycles. The van der Waals surface area contributed by atoms with E-state index in [2.05, 4.69) is 5.32 Å². The summed E-state index contributed by atoms with van der Waals surface area (Å²) in [7, 11) is 0. The van der Waals surface area contributed by atoms with Crippen LogP contribution in [0.3, 0.4) is 0 Å². The first-order chi connectivity index (χ1) is 8.18. The standard InChI is InChI=1S/C13H17ClN2O/c1-10-9-11(14)3-4-12(10)16-8-2-6-15-7-5-13(16)17/h3-4,9,15H,2,5-8H2,1H3. The zero-order valence-corrected chi connectivity index (χ0v) is 10.8. The van der Waals surface area contributed by atoms with E-state index in [9.17, 15) is 4.79 Å². The first-order valence-electron chi connectivity index (χ1n) is 5.96. The van der Waals surface area contributed by atoms with E-state index in [1.54, 1.807) is 0 Å². The van der Waals surface area contributed by atoms with Gasteiger partial charge < -0.3 is 10.2 Å². The Labute approximate surface area is 107 Å². The number of rotatable bonds is 1. The van der Waals surface area contributed by atoms with Crippen molar-refractivity contribution in [3.05, 3.63) is 28.8 Å². The average molecular weight is 253 g/mol. The van der Waals surface area contributed by atoms with Gasteiger partial charge in [0.05, 0.1) is 0 Å². The Bertz CT molecular complexity index is 420. The minimum atomic E-state index is 0.183. The summed E-state index contributed by atoms with van der Waals surface area (Å²) < 4.78 is 0. The minimum absolute atomic E-state index is 0.183. The number of hydrogen-bond donors (Lipinski definition) is 1. The second kappa shape index (κ2) is 5.52. The average Bonchev–Trinajstić information content (AvgIpc) is 2.26. The molecule has 2 rings (SSSR count). The van der Waals surface area contributed by atoms with Crippen LogP contribution in [0.5, 0.6) is 0 Å². The van der Waals surface area contributed by atoms with Crippen LogP contribution in [0.15, 0.2) is 18.2 Å². The van der Waals surface area contributed by atoms with Crippen molar-refractivity contribution >= 4 is 23.2 Å². The number of anilines is 1. The molecule has 1 aliphatic heterocycles. The second-order valence-electron chi connectivity index (χ2n) is 4.33. The first kappa shape index (κ1) is 12.4. The first-order valence-corrected chi connectivity index (χ1v) is 6.33. The van der Waals surface area contributed by atoms with Gasteiger partial charge in [-0.15, -0.1) is 0 Å². The monoisotopic (exact) mass is 252 g/mol. The molecule has 1 amide bonds. The fourth-order valence-corrected chi connectivity index (χ4v) is 2.35. The molecule has 1 aliphatic rings. The number of carbonyl (C=O) groups excluding carboxylic acids is 1. The number of nitrogens with one attached hydrogen (secondary N) is 1. The maximum Gasteiger partial charge on any atom is 0.228 e. The highest BCUT2D eigenvalue weighted by molar-refractivity contribution is 6.30. The Kier molecular flexibility index (Phi) is 4.02. The summed E-state index contributed by atoms with van der Waals surface area (Å²) in [5, 5.41) is 3.96. The van der Waals surface area contributed by atoms with Crippen molar-refractivity contribution in [1.82, 2.24) is 5.32 Å². The summed E-state index contributed by atoms with van der Waals surface area (Å²) in [5.41, 5.74) is 2.04. The highest BCUT2D eigenvalue weighted by atomic mass is 35.5. The Morgan fingerprint density at radius 3 is 2.94 bits per heavy atom. The number of hydrogen-bond acceptors (Lipinski definition) is 2. The number of carbonyl (C=O) groups is 1. The molecule has 0 aromatic heterocycles. The van der Waals surface area contributed by atoms with Gasteiger partial charge >= 0.3 is 0 Å². The molecule has 0 bridgehead atoms. The number of halogens is 1. The van der Waals surface area contributed by atoms with Crippen LogP contribution >= 0.6 is 11.6 Å². The lowest BCUT2D eigenvalue weighted by Crippen LogP contribution is -2.38. The van der Waals surface area contributed by atoms with Crippen molar-refractivity contribution in [2.24, 2.45) is 0 Å². The summed E-state index contributed by atoms with van der Waals surface area (Å²) in [4.78, 5) is 13.9. The van der Waals surface area contributed by atoms with Crippen molar-refractivity contribution < 1.29 is 4.79 Å². The molecule has 0 unspecified atom stereocenters. The van der Waals surface area contributed by atoms with E-state index in [-0.39, 0.29) is 5.91 Å². The van der Waals surface area contributed by atoms with E-state index in [1.807, 2.05) is 30.0 Å². The van der Waals surface area contributed by atoms with Crippen molar-refractivity contribution in [3.8, 4) is 0 Å². The number of nitrogens with zero attached hydrogens (tertiary/aromatic N) is 1. The second-order valence-corrected chi connectivity index (χ2v) is 4.77. The van der Waals surface area contributed by atoms with Gasteiger partial charge in [0, 0.05) is 30.2 Å². The topological polar surface area (TPSA) is 32.3 Å². The van der Waals surface area contributed by atoms with Gasteiger partial charge in [-0.3, -0.25) is 4.79 Å². The lowest BCUT2D eigenvalue weighted by Gasteiger charge is -2.26. The lowest BCUT2D eigenvalue weighted by molar-refractivity contribution is -0.118. The number of aryl methyl sites for hydroxylation is 1. The Morgan fingerprint density at radius 1 is 1.35 bits per heavy atom. The summed E-state index contributed by atoms with van der Waals surface area (Å²) in [6, 6.07) is 5.68. The van der Waals surface area contributed by atoms with Gasteiger partial charge in [-0.2, -0.15) is 0 Å². The Balaban J connectivity index is 2.25. The molecular formula is C13H17ClN2O.